The molecule has 0 saturated carbocycles. The Morgan fingerprint density at radius 2 is 1.76 bits per heavy atom. The number of benzene rings is 1. The molecule has 0 aromatic heterocycles. The first-order chi connectivity index (χ1) is 15.4. The van der Waals surface area contributed by atoms with Crippen LogP contribution in [0.4, 0.5) is 10.5 Å². The van der Waals surface area contributed by atoms with E-state index in [2.05, 4.69) is 15.4 Å². The molecule has 0 unspecified atom stereocenters. The number of alkyl carbamates (subject to hydrolysis) is 1. The van der Waals surface area contributed by atoms with Gasteiger partial charge in [-0.15, -0.1) is 0 Å². The molecule has 4 amide bonds. The van der Waals surface area contributed by atoms with E-state index >= 15 is 0 Å². The van der Waals surface area contributed by atoms with Gasteiger partial charge in [-0.25, -0.2) is 21.4 Å². The molecule has 2 rings (SSSR count). The van der Waals surface area contributed by atoms with Crippen LogP contribution in [-0.4, -0.2) is 70.8 Å². The van der Waals surface area contributed by atoms with E-state index in [9.17, 15) is 28.8 Å². The number of imide groups is 1. The van der Waals surface area contributed by atoms with E-state index in [0.717, 1.165) is 4.90 Å². The van der Waals surface area contributed by atoms with Crippen molar-refractivity contribution < 1.29 is 38.2 Å². The van der Waals surface area contributed by atoms with Crippen LogP contribution in [-0.2, 0) is 28.7 Å². The Labute approximate surface area is 194 Å². The molecule has 1 aliphatic rings. The number of esters is 1. The number of anilines is 1. The molecule has 0 bridgehead atoms. The lowest BCUT2D eigenvalue weighted by atomic mass is 10.1. The molecule has 0 radical (unpaired) electrons. The zero-order valence-corrected chi connectivity index (χ0v) is 20.3. The third-order valence-corrected chi connectivity index (χ3v) is 5.96. The highest BCUT2D eigenvalue weighted by atomic mass is 32.2. The van der Waals surface area contributed by atoms with E-state index in [1.165, 1.54) is 31.4 Å². The number of rotatable bonds is 6. The summed E-state index contributed by atoms with van der Waals surface area (Å²) in [6, 6.07) is 4.40. The number of nitrogens with one attached hydrogen (secondary N) is 2. The van der Waals surface area contributed by atoms with Crippen molar-refractivity contribution in [3.63, 3.8) is 0 Å². The largest absolute Gasteiger partial charge is 0.465 e. The van der Waals surface area contributed by atoms with Crippen molar-refractivity contribution in [2.75, 3.05) is 24.7 Å². The van der Waals surface area contributed by atoms with Gasteiger partial charge in [-0.3, -0.25) is 24.1 Å². The lowest BCUT2D eigenvalue weighted by Crippen LogP contribution is -2.51. The van der Waals surface area contributed by atoms with Crippen LogP contribution in [0.5, 0.6) is 0 Å². The lowest BCUT2D eigenvalue weighted by Gasteiger charge is -2.27. The monoisotopic (exact) mass is 483 g/mol. The number of carbonyl (C=O) groups is 6. The number of hydrogen-bond donors (Lipinski definition) is 2. The van der Waals surface area contributed by atoms with E-state index in [-0.39, 0.29) is 12.1 Å². The molecule has 12 heteroatoms. The van der Waals surface area contributed by atoms with Crippen molar-refractivity contribution >= 4 is 52.3 Å². The van der Waals surface area contributed by atoms with Crippen LogP contribution in [0.1, 0.15) is 37.6 Å². The molecule has 1 atom stereocenters. The fourth-order valence-corrected chi connectivity index (χ4v) is 4.18. The van der Waals surface area contributed by atoms with Crippen LogP contribution < -0.4 is 10.6 Å². The van der Waals surface area contributed by atoms with Gasteiger partial charge in [0.1, 0.15) is 11.6 Å². The maximum atomic E-state index is 12.9. The minimum absolute atomic E-state index is 0.116. The molecule has 1 fully saturated rings. The molecule has 1 aliphatic heterocycles. The molecule has 1 aromatic carbocycles. The molecule has 0 aliphatic carbocycles. The Hall–Kier alpha value is -3.41. The van der Waals surface area contributed by atoms with Crippen LogP contribution in [0.3, 0.4) is 0 Å². The van der Waals surface area contributed by atoms with Gasteiger partial charge in [0.05, 0.1) is 19.1 Å². The maximum Gasteiger partial charge on any atom is 0.408 e. The summed E-state index contributed by atoms with van der Waals surface area (Å²) in [6.45, 7) is 5.03. The van der Waals surface area contributed by atoms with Crippen molar-refractivity contribution in [2.45, 2.75) is 38.8 Å². The van der Waals surface area contributed by atoms with Gasteiger partial charge < -0.3 is 20.1 Å². The molecule has 11 nitrogen and oxygen atoms in total. The minimum Gasteiger partial charge on any atom is -0.465 e. The molecular formula is C21H29N3O8S. The fraction of sp³-hybridized carbons (Fsp3) is 0.429. The summed E-state index contributed by atoms with van der Waals surface area (Å²) in [5.74, 6) is -2.44. The number of ether oxygens (including phenoxy) is 2. The number of amides is 4. The van der Waals surface area contributed by atoms with Crippen molar-refractivity contribution in [2.24, 2.45) is 0 Å². The second-order valence-electron chi connectivity index (χ2n) is 8.34. The highest BCUT2D eigenvalue weighted by Gasteiger charge is 2.34. The Morgan fingerprint density at radius 3 is 2.33 bits per heavy atom. The van der Waals surface area contributed by atoms with E-state index in [4.69, 9.17) is 4.74 Å². The summed E-state index contributed by atoms with van der Waals surface area (Å²) in [6.07, 6.45) is -1.48. The quantitative estimate of drug-likeness (QED) is 0.432. The summed E-state index contributed by atoms with van der Waals surface area (Å²) in [4.78, 5) is 74.0. The van der Waals surface area contributed by atoms with Gasteiger partial charge in [0.2, 0.25) is 16.9 Å². The van der Waals surface area contributed by atoms with Crippen molar-refractivity contribution in [1.29, 1.82) is 0 Å². The molecule has 1 aromatic rings. The number of methoxy groups -OCH3 is 1. The number of nitrogens with zero attached hydrogens (tertiary/aromatic N) is 1. The Bertz CT molecular complexity index is 955. The van der Waals surface area contributed by atoms with Crippen molar-refractivity contribution in [3.8, 4) is 0 Å². The van der Waals surface area contributed by atoms with E-state index in [0.29, 0.717) is 11.4 Å². The second-order valence-corrected chi connectivity index (χ2v) is 10.2. The van der Waals surface area contributed by atoms with Gasteiger partial charge in [-0.2, -0.15) is 0 Å². The first-order valence-corrected chi connectivity index (χ1v) is 12.0. The van der Waals surface area contributed by atoms with Crippen LogP contribution in [0.2, 0.25) is 0 Å². The third-order valence-electron chi connectivity index (χ3n) is 4.53. The summed E-state index contributed by atoms with van der Waals surface area (Å²) in [5.41, 5.74) is -0.282. The average Bonchev–Trinajstić information content (AvgIpc) is 2.73. The van der Waals surface area contributed by atoms with Crippen LogP contribution >= 0.6 is 11.8 Å². The maximum absolute atomic E-state index is 12.9. The van der Waals surface area contributed by atoms with Gasteiger partial charge in [0, 0.05) is 12.2 Å². The molecule has 2 N–H and O–H groups in total. The predicted molar refractivity (Wildman–Crippen MR) is 124 cm³/mol. The number of hydrogen-bond acceptors (Lipinski definition) is 8. The first-order valence-electron chi connectivity index (χ1n) is 10.3. The standard InChI is InChI=1S/C21H29N3O8S/c1-21(2,3)32-20(30)23-14(11-15(25)24-9-10-33-19(29)17(24)27)16(26)22-13-7-5-12(6-8-13)18(28)31-4/h5-8,14H,9-11H2,1-4H3,33H4,(H,22,26)(H,23,30)/t14-/m0/s1. The van der Waals surface area contributed by atoms with Gasteiger partial charge in [0.25, 0.3) is 0 Å². The van der Waals surface area contributed by atoms with E-state index in [1.807, 2.05) is 0 Å². The topological polar surface area (TPSA) is 148 Å². The number of carbonyl (C=O) groups excluding carboxylic acids is 6. The molecule has 33 heavy (non-hydrogen) atoms. The highest BCUT2D eigenvalue weighted by molar-refractivity contribution is 8.15. The van der Waals surface area contributed by atoms with Gasteiger partial charge in [0.15, 0.2) is 0 Å². The van der Waals surface area contributed by atoms with Crippen LogP contribution in [0, 0.1) is 0 Å². The highest BCUT2D eigenvalue weighted by Crippen LogP contribution is 2.16. The van der Waals surface area contributed by atoms with Crippen molar-refractivity contribution in [3.05, 3.63) is 29.8 Å². The zero-order chi connectivity index (χ0) is 24.8. The smallest absolute Gasteiger partial charge is 0.408 e. The Morgan fingerprint density at radius 1 is 1.12 bits per heavy atom. The summed E-state index contributed by atoms with van der Waals surface area (Å²) >= 11 is -1.19. The SMILES string of the molecule is COC(=O)c1ccc(NC(=O)[C@H](CC(=O)N2CC[SH4]C(=O)C2=O)NC(=O)OC(C)(C)C)cc1. The molecule has 1 heterocycles. The van der Waals surface area contributed by atoms with Crippen LogP contribution in [0.15, 0.2) is 24.3 Å². The minimum atomic E-state index is -1.38. The summed E-state index contributed by atoms with van der Waals surface area (Å²) in [5, 5.41) is 4.35. The molecule has 1 saturated heterocycles. The average molecular weight is 484 g/mol. The Balaban J connectivity index is 2.16. The Kier molecular flexibility index (Phi) is 8.57. The van der Waals surface area contributed by atoms with Gasteiger partial charge in [-0.05, 0) is 50.8 Å². The molecule has 182 valence electrons. The second kappa shape index (κ2) is 10.9. The van der Waals surface area contributed by atoms with E-state index in [1.54, 1.807) is 20.8 Å². The van der Waals surface area contributed by atoms with Crippen LogP contribution in [0.25, 0.3) is 0 Å². The first kappa shape index (κ1) is 25.8. The zero-order valence-electron chi connectivity index (χ0n) is 18.9. The predicted octanol–water partition coefficient (Wildman–Crippen LogP) is 0.253. The lowest BCUT2D eigenvalue weighted by molar-refractivity contribution is -0.149. The molecular weight excluding hydrogens is 454 g/mol. The fourth-order valence-electron chi connectivity index (χ4n) is 2.98. The van der Waals surface area contributed by atoms with E-state index < -0.39 is 64.7 Å². The summed E-state index contributed by atoms with van der Waals surface area (Å²) < 4.78 is 9.78. The third kappa shape index (κ3) is 7.59. The summed E-state index contributed by atoms with van der Waals surface area (Å²) in [7, 11) is 1.24. The van der Waals surface area contributed by atoms with Gasteiger partial charge >= 0.3 is 18.0 Å². The normalized spacial score (nSPS) is 15.1. The molecule has 0 spiro atoms. The van der Waals surface area contributed by atoms with Crippen molar-refractivity contribution in [1.82, 2.24) is 10.2 Å². The van der Waals surface area contributed by atoms with Gasteiger partial charge in [-0.1, -0.05) is 0 Å².